The zero-order valence-corrected chi connectivity index (χ0v) is 21.0. The Balaban J connectivity index is 1.51. The molecule has 1 aromatic carbocycles. The summed E-state index contributed by atoms with van der Waals surface area (Å²) in [6, 6.07) is 2.58. The number of aliphatic hydroxyl groups is 1. The number of aromatic nitrogens is 5. The Bertz CT molecular complexity index is 1670. The summed E-state index contributed by atoms with van der Waals surface area (Å²) in [5.41, 5.74) is -5.22. The summed E-state index contributed by atoms with van der Waals surface area (Å²) in [7, 11) is 0. The van der Waals surface area contributed by atoms with Crippen molar-refractivity contribution in [1.29, 1.82) is 0 Å². The van der Waals surface area contributed by atoms with E-state index in [9.17, 15) is 40.3 Å². The van der Waals surface area contributed by atoms with E-state index in [-0.39, 0.29) is 28.6 Å². The normalized spacial score (nSPS) is 13.8. The lowest BCUT2D eigenvalue weighted by atomic mass is 10.1. The van der Waals surface area contributed by atoms with Crippen molar-refractivity contribution < 1.29 is 35.8 Å². The molecule has 9 nitrogen and oxygen atoms in total. The van der Waals surface area contributed by atoms with E-state index in [0.29, 0.717) is 0 Å². The van der Waals surface area contributed by atoms with Gasteiger partial charge < -0.3 is 15.0 Å². The second-order valence-corrected chi connectivity index (χ2v) is 9.21. The van der Waals surface area contributed by atoms with E-state index in [1.807, 2.05) is 0 Å². The van der Waals surface area contributed by atoms with Crippen molar-refractivity contribution in [3.8, 4) is 11.4 Å². The molecular weight excluding hydrogens is 565 g/mol. The minimum Gasteiger partial charge on any atom is -0.390 e. The summed E-state index contributed by atoms with van der Waals surface area (Å²) in [5.74, 6) is -4.78. The maximum absolute atomic E-state index is 14.9. The molecule has 0 unspecified atom stereocenters. The Kier molecular flexibility index (Phi) is 8.15. The predicted octanol–water partition coefficient (Wildman–Crippen LogP) is 4.01. The van der Waals surface area contributed by atoms with E-state index in [2.05, 4.69) is 20.4 Å². The summed E-state index contributed by atoms with van der Waals surface area (Å²) >= 11 is 0. The van der Waals surface area contributed by atoms with Crippen molar-refractivity contribution in [2.45, 2.75) is 44.2 Å². The monoisotopic (exact) mass is 586 g/mol. The van der Waals surface area contributed by atoms with Gasteiger partial charge in [0.15, 0.2) is 5.82 Å². The second kappa shape index (κ2) is 11.3. The number of halogens is 7. The maximum Gasteiger partial charge on any atom is 0.423 e. The first-order valence-electron chi connectivity index (χ1n) is 11.9. The lowest BCUT2D eigenvalue weighted by Gasteiger charge is -2.20. The van der Waals surface area contributed by atoms with Gasteiger partial charge in [-0.1, -0.05) is 0 Å². The molecule has 0 saturated carbocycles. The van der Waals surface area contributed by atoms with Gasteiger partial charge in [-0.3, -0.25) is 9.59 Å². The molecule has 4 aromatic rings. The SMILES string of the molecule is C[C@@H](C[C@@H](F)Cn1ccc2cc(-c3ncc(C(F)(F)CO)cn3)c(F)cc2c1=O)Nc1cn[nH]c(=O)c1C(F)(F)F. The van der Waals surface area contributed by atoms with Crippen molar-refractivity contribution in [2.24, 2.45) is 0 Å². The summed E-state index contributed by atoms with van der Waals surface area (Å²) in [6.45, 7) is -0.590. The Morgan fingerprint density at radius 1 is 1.10 bits per heavy atom. The van der Waals surface area contributed by atoms with Gasteiger partial charge in [-0.15, -0.1) is 0 Å². The number of hydrogen-bond acceptors (Lipinski definition) is 7. The quantitative estimate of drug-likeness (QED) is 0.253. The van der Waals surface area contributed by atoms with Crippen LogP contribution >= 0.6 is 0 Å². The summed E-state index contributed by atoms with van der Waals surface area (Å²) < 4.78 is 97.6. The third-order valence-electron chi connectivity index (χ3n) is 6.12. The van der Waals surface area contributed by atoms with Crippen molar-refractivity contribution in [3.05, 3.63) is 80.6 Å². The Morgan fingerprint density at radius 3 is 2.41 bits per heavy atom. The molecule has 3 aromatic heterocycles. The highest BCUT2D eigenvalue weighted by Crippen LogP contribution is 2.32. The van der Waals surface area contributed by atoms with Crippen molar-refractivity contribution in [1.82, 2.24) is 24.7 Å². The van der Waals surface area contributed by atoms with Gasteiger partial charge in [0.1, 0.15) is 24.2 Å². The Hall–Kier alpha value is -4.34. The average molecular weight is 586 g/mol. The number of hydrogen-bond donors (Lipinski definition) is 3. The molecule has 0 amide bonds. The van der Waals surface area contributed by atoms with Crippen LogP contribution in [0.25, 0.3) is 22.2 Å². The van der Waals surface area contributed by atoms with Gasteiger partial charge in [-0.25, -0.2) is 23.8 Å². The van der Waals surface area contributed by atoms with E-state index in [1.165, 1.54) is 25.3 Å². The molecule has 0 aliphatic heterocycles. The van der Waals surface area contributed by atoms with Gasteiger partial charge in [0, 0.05) is 31.1 Å². The van der Waals surface area contributed by atoms with Crippen molar-refractivity contribution in [3.63, 3.8) is 0 Å². The van der Waals surface area contributed by atoms with E-state index in [1.54, 1.807) is 5.10 Å². The number of rotatable bonds is 9. The highest BCUT2D eigenvalue weighted by Gasteiger charge is 2.37. The number of pyridine rings is 1. The number of aromatic amines is 1. The van der Waals surface area contributed by atoms with Crippen LogP contribution in [0.5, 0.6) is 0 Å². The van der Waals surface area contributed by atoms with Gasteiger partial charge >= 0.3 is 6.18 Å². The maximum atomic E-state index is 14.9. The van der Waals surface area contributed by atoms with Crippen LogP contribution in [0.3, 0.4) is 0 Å². The van der Waals surface area contributed by atoms with E-state index >= 15 is 0 Å². The van der Waals surface area contributed by atoms with Crippen LogP contribution in [0.4, 0.5) is 36.4 Å². The van der Waals surface area contributed by atoms with Gasteiger partial charge in [0.05, 0.1) is 34.9 Å². The molecule has 0 fully saturated rings. The number of nitrogens with zero attached hydrogens (tertiary/aromatic N) is 4. The standard InChI is InChI=1S/C25H21F7N6O3/c1-12(36-19-9-35-37-22(40)20(19)25(30,31)32)4-15(26)10-38-3-2-13-5-17(18(27)6-16(13)23(38)41)21-33-7-14(8-34-21)24(28,29)11-39/h2-3,5-9,12,15,39H,4,10-11H2,1H3,(H2,36,37,40)/t12-,15+/m0/s1. The molecule has 0 radical (unpaired) electrons. The molecule has 0 aliphatic carbocycles. The third kappa shape index (κ3) is 6.37. The largest absolute Gasteiger partial charge is 0.423 e. The Morgan fingerprint density at radius 2 is 1.78 bits per heavy atom. The first-order valence-corrected chi connectivity index (χ1v) is 11.9. The van der Waals surface area contributed by atoms with Crippen LogP contribution in [0, 0.1) is 5.82 Å². The summed E-state index contributed by atoms with van der Waals surface area (Å²) in [5, 5.41) is 16.3. The zero-order valence-electron chi connectivity index (χ0n) is 21.0. The van der Waals surface area contributed by atoms with E-state index < -0.39 is 71.2 Å². The van der Waals surface area contributed by atoms with Crippen LogP contribution in [0.2, 0.25) is 0 Å². The van der Waals surface area contributed by atoms with Gasteiger partial charge in [0.25, 0.3) is 17.0 Å². The van der Waals surface area contributed by atoms with Crippen LogP contribution in [-0.2, 0) is 18.6 Å². The Labute approximate surface area is 225 Å². The fourth-order valence-electron chi connectivity index (χ4n) is 4.15. The predicted molar refractivity (Wildman–Crippen MR) is 133 cm³/mol. The van der Waals surface area contributed by atoms with Crippen LogP contribution in [-0.4, -0.2) is 48.7 Å². The van der Waals surface area contributed by atoms with Gasteiger partial charge in [-0.2, -0.15) is 27.1 Å². The molecule has 3 N–H and O–H groups in total. The number of anilines is 1. The van der Waals surface area contributed by atoms with Crippen molar-refractivity contribution >= 4 is 16.5 Å². The molecular formula is C25H21F7N6O3. The third-order valence-corrected chi connectivity index (χ3v) is 6.12. The van der Waals surface area contributed by atoms with Gasteiger partial charge in [-0.05, 0) is 30.5 Å². The van der Waals surface area contributed by atoms with Gasteiger partial charge in [0.2, 0.25) is 0 Å². The summed E-state index contributed by atoms with van der Waals surface area (Å²) in [6.07, 6.45) is -3.58. The molecule has 218 valence electrons. The van der Waals surface area contributed by atoms with Crippen LogP contribution in [0.15, 0.2) is 52.6 Å². The number of aliphatic hydroxyl groups excluding tert-OH is 1. The molecule has 41 heavy (non-hydrogen) atoms. The number of H-pyrrole nitrogens is 1. The molecule has 0 aliphatic rings. The topological polar surface area (TPSA) is 126 Å². The number of benzene rings is 1. The first-order chi connectivity index (χ1) is 19.2. The fraction of sp³-hybridized carbons (Fsp3) is 0.320. The molecule has 0 saturated heterocycles. The lowest BCUT2D eigenvalue weighted by Crippen LogP contribution is -2.30. The van der Waals surface area contributed by atoms with E-state index in [4.69, 9.17) is 5.11 Å². The molecule has 16 heteroatoms. The van der Waals surface area contributed by atoms with Crippen LogP contribution < -0.4 is 16.4 Å². The van der Waals surface area contributed by atoms with Crippen molar-refractivity contribution in [2.75, 3.05) is 11.9 Å². The minimum atomic E-state index is -4.98. The number of fused-ring (bicyclic) bond motifs is 1. The molecule has 4 rings (SSSR count). The molecule has 3 heterocycles. The smallest absolute Gasteiger partial charge is 0.390 e. The fourth-order valence-corrected chi connectivity index (χ4v) is 4.15. The number of alkyl halides is 6. The molecule has 0 bridgehead atoms. The molecule has 2 atom stereocenters. The number of nitrogens with one attached hydrogen (secondary N) is 2. The first kappa shape index (κ1) is 29.6. The lowest BCUT2D eigenvalue weighted by molar-refractivity contribution is -0.138. The minimum absolute atomic E-state index is 0.125. The average Bonchev–Trinajstić information content (AvgIpc) is 2.89. The summed E-state index contributed by atoms with van der Waals surface area (Å²) in [4.78, 5) is 32.0. The van der Waals surface area contributed by atoms with Crippen LogP contribution in [0.1, 0.15) is 24.5 Å². The zero-order chi connectivity index (χ0) is 30.1. The van der Waals surface area contributed by atoms with E-state index in [0.717, 1.165) is 29.2 Å². The molecule has 0 spiro atoms. The highest BCUT2D eigenvalue weighted by atomic mass is 19.4. The highest BCUT2D eigenvalue weighted by molar-refractivity contribution is 5.86. The second-order valence-electron chi connectivity index (χ2n) is 9.21.